The molecule has 0 saturated carbocycles. The van der Waals surface area contributed by atoms with Crippen molar-refractivity contribution in [3.05, 3.63) is 71.5 Å². The molecule has 4 rings (SSSR count). The summed E-state index contributed by atoms with van der Waals surface area (Å²) < 4.78 is 36.0. The number of carbonyl (C=O) groups excluding carboxylic acids is 9. The second-order valence-electron chi connectivity index (χ2n) is 15.8. The Morgan fingerprint density at radius 1 is 0.743 bits per heavy atom. The summed E-state index contributed by atoms with van der Waals surface area (Å²) in [4.78, 5) is 96.5. The number of benzene rings is 2. The molecule has 2 aromatic carbocycles. The summed E-state index contributed by atoms with van der Waals surface area (Å²) in [6.45, 7) is 4.53. The Bertz CT molecular complexity index is 2350. The number of unbranched alkanes of at least 4 members (excludes halogenated alkanes) is 1. The molecule has 0 fully saturated rings. The molecule has 0 bridgehead atoms. The zero-order valence-electron chi connectivity index (χ0n) is 40.5. The number of carbonyl (C=O) groups is 5. The van der Waals surface area contributed by atoms with E-state index in [9.17, 15) is 42.9 Å². The maximum absolute atomic E-state index is 13.2. The number of hydrogen-bond donors (Lipinski definition) is 9. The van der Waals surface area contributed by atoms with Crippen LogP contribution in [0, 0.1) is 0 Å². The third-order valence-electron chi connectivity index (χ3n) is 10.4. The van der Waals surface area contributed by atoms with Crippen LogP contribution in [0.25, 0.3) is 0 Å². The van der Waals surface area contributed by atoms with E-state index >= 15 is 0 Å². The highest BCUT2D eigenvalue weighted by Gasteiger charge is 2.30. The summed E-state index contributed by atoms with van der Waals surface area (Å²) in [5.74, 6) is -1.52. The average Bonchev–Trinajstić information content (AvgIpc) is 4.01. The molecule has 0 radical (unpaired) electrons. The van der Waals surface area contributed by atoms with Crippen LogP contribution in [0.1, 0.15) is 81.5 Å². The Morgan fingerprint density at radius 2 is 1.31 bits per heavy atom. The number of anilines is 2. The summed E-state index contributed by atoms with van der Waals surface area (Å²) >= 11 is -1.67. The molecule has 29 heteroatoms. The molecule has 404 valence electrons. The lowest BCUT2D eigenvalue weighted by molar-refractivity contribution is -0.193. The Kier molecular flexibility index (Phi) is 31.0. The van der Waals surface area contributed by atoms with Crippen LogP contribution in [0.2, 0.25) is 0 Å². The van der Waals surface area contributed by atoms with Gasteiger partial charge in [0.15, 0.2) is 0 Å². The quantitative estimate of drug-likeness (QED) is 0.0226. The lowest BCUT2D eigenvalue weighted by atomic mass is 9.73. The minimum Gasteiger partial charge on any atom is -0.755 e. The van der Waals surface area contributed by atoms with Crippen molar-refractivity contribution in [2.24, 2.45) is 5.73 Å². The van der Waals surface area contributed by atoms with Crippen LogP contribution in [0.5, 0.6) is 11.5 Å². The van der Waals surface area contributed by atoms with Gasteiger partial charge >= 0.3 is 12.3 Å². The number of ether oxygens (including phenoxy) is 2. The van der Waals surface area contributed by atoms with E-state index in [2.05, 4.69) is 51.8 Å². The van der Waals surface area contributed by atoms with Gasteiger partial charge < -0.3 is 56.6 Å². The van der Waals surface area contributed by atoms with Crippen LogP contribution in [-0.4, -0.2) is 145 Å². The van der Waals surface area contributed by atoms with Crippen LogP contribution in [-0.2, 0) is 82.3 Å². The normalized spacial score (nSPS) is 11.4. The molecular formula is C45H61N12O15S2-. The molecular weight excluding hydrogens is 1010 g/mol. The first kappa shape index (κ1) is 62.8. The lowest BCUT2D eigenvalue weighted by Gasteiger charge is -2.31. The molecule has 0 aliphatic carbocycles. The van der Waals surface area contributed by atoms with Crippen LogP contribution in [0.3, 0.4) is 0 Å². The van der Waals surface area contributed by atoms with Gasteiger partial charge in [-0.15, -0.1) is 15.3 Å². The average molecular weight is 1070 g/mol. The number of nitrogens with one attached hydrogen (secondary N) is 6. The van der Waals surface area contributed by atoms with Crippen molar-refractivity contribution >= 4 is 74.7 Å². The molecule has 74 heavy (non-hydrogen) atoms. The Balaban J connectivity index is 0.00000297. The minimum absolute atomic E-state index is 0.0133. The molecule has 0 saturated heterocycles. The van der Waals surface area contributed by atoms with E-state index < -0.39 is 28.6 Å². The molecule has 5 amide bonds. The van der Waals surface area contributed by atoms with Crippen LogP contribution in [0.4, 0.5) is 10.3 Å². The molecule has 0 aliphatic heterocycles. The van der Waals surface area contributed by atoms with E-state index in [1.54, 1.807) is 59.4 Å². The monoisotopic (exact) mass is 1070 g/mol. The number of aromatic hydroxyl groups is 2. The van der Waals surface area contributed by atoms with E-state index in [1.807, 2.05) is 6.92 Å². The number of nitrogens with zero attached hydrogens (tertiary/aromatic N) is 5. The largest absolute Gasteiger partial charge is 0.755 e. The first-order valence-corrected chi connectivity index (χ1v) is 24.9. The molecule has 2 atom stereocenters. The summed E-state index contributed by atoms with van der Waals surface area (Å²) in [7, 11) is 0. The standard InChI is InChI=1S/C43H62N12O11S2.2CO2/c1-43(30-8-12-33(56)13-9-30,31-10-14-34(57)15-11-31)19-16-36(58)45-21-17-37(59)46-22-18-39(61)48-35(40(62)47-23-26-66-28-27-65-25-20-44)6-2-3-24-55-29-32(50-54-55)5-4-7-38(60)49-41-51-52-42(67-41)53-68(63)64;2*2-1-3/h8-15,29,35,56-57H,2-7,16-28,44H2,1H3,(H,45,58)(H,46,59)(H,47,62)(H,48,61)(H,52,53)(H,63,64)(H,49,51,60);;/p-1/t35-;;/m0../s1. The van der Waals surface area contributed by atoms with E-state index in [-0.39, 0.29) is 110 Å². The molecule has 1 unspecified atom stereocenters. The summed E-state index contributed by atoms with van der Waals surface area (Å²) in [6, 6.07) is 12.7. The highest BCUT2D eigenvalue weighted by molar-refractivity contribution is 7.80. The Labute approximate surface area is 431 Å². The van der Waals surface area contributed by atoms with Gasteiger partial charge in [-0.05, 0) is 73.9 Å². The number of hydrogen-bond acceptors (Lipinski definition) is 21. The topological polar surface area (TPSA) is 407 Å². The number of rotatable bonds is 33. The fourth-order valence-electron chi connectivity index (χ4n) is 6.78. The maximum Gasteiger partial charge on any atom is 0.373 e. The molecule has 2 heterocycles. The number of amides is 5. The third kappa shape index (κ3) is 26.4. The van der Waals surface area contributed by atoms with Crippen molar-refractivity contribution in [1.29, 1.82) is 0 Å². The van der Waals surface area contributed by atoms with E-state index in [1.165, 1.54) is 0 Å². The van der Waals surface area contributed by atoms with Crippen molar-refractivity contribution < 1.29 is 71.6 Å². The lowest BCUT2D eigenvalue weighted by Crippen LogP contribution is -2.48. The highest BCUT2D eigenvalue weighted by Crippen LogP contribution is 2.37. The number of aromatic nitrogens is 5. The molecule has 4 aromatic rings. The van der Waals surface area contributed by atoms with Crippen molar-refractivity contribution in [2.45, 2.75) is 89.1 Å². The molecule has 27 nitrogen and oxygen atoms in total. The van der Waals surface area contributed by atoms with E-state index in [4.69, 9.17) is 34.4 Å². The maximum atomic E-state index is 13.2. The van der Waals surface area contributed by atoms with Gasteiger partial charge in [0.2, 0.25) is 39.8 Å². The fraction of sp³-hybridized carbons (Fsp3) is 0.489. The summed E-state index contributed by atoms with van der Waals surface area (Å²) in [5.41, 5.74) is 7.25. The van der Waals surface area contributed by atoms with Gasteiger partial charge in [0.05, 0.1) is 32.1 Å². The fourth-order valence-corrected chi connectivity index (χ4v) is 7.84. The van der Waals surface area contributed by atoms with Crippen LogP contribution in [0.15, 0.2) is 54.7 Å². The van der Waals surface area contributed by atoms with Crippen LogP contribution >= 0.6 is 11.3 Å². The van der Waals surface area contributed by atoms with E-state index in [0.29, 0.717) is 77.1 Å². The first-order valence-electron chi connectivity index (χ1n) is 23.0. The number of phenols is 2. The molecule has 0 spiro atoms. The van der Waals surface area contributed by atoms with Gasteiger partial charge in [-0.1, -0.05) is 47.7 Å². The van der Waals surface area contributed by atoms with Gasteiger partial charge in [-0.3, -0.25) is 37.6 Å². The van der Waals surface area contributed by atoms with Gasteiger partial charge in [0.25, 0.3) is 0 Å². The SMILES string of the molecule is CC(CCC(=O)NCCC(=O)NCCC(=O)N[C@@H](CCCCn1cc(CCCC(=O)Nc2nnc(NS(=O)[O-])s2)nn1)C(=O)NCCOCCOCCN)(c1ccc(O)cc1)c1ccc(O)cc1.O=C=O.O=C=O. The Hall–Kier alpha value is -7.36. The zero-order chi connectivity index (χ0) is 54.6. The smallest absolute Gasteiger partial charge is 0.373 e. The van der Waals surface area contributed by atoms with Crippen molar-refractivity contribution in [3.63, 3.8) is 0 Å². The predicted molar refractivity (Wildman–Crippen MR) is 261 cm³/mol. The highest BCUT2D eigenvalue weighted by atomic mass is 32.2. The molecule has 0 aliphatic rings. The Morgan fingerprint density at radius 3 is 1.91 bits per heavy atom. The summed E-state index contributed by atoms with van der Waals surface area (Å²) in [5, 5.41) is 49.1. The predicted octanol–water partition coefficient (Wildman–Crippen LogP) is 0.103. The second-order valence-corrected chi connectivity index (χ2v) is 17.5. The van der Waals surface area contributed by atoms with Gasteiger partial charge in [-0.25, -0.2) is 0 Å². The van der Waals surface area contributed by atoms with Crippen molar-refractivity contribution in [3.8, 4) is 11.5 Å². The molecule has 2 aromatic heterocycles. The number of phenolic OH excluding ortho intramolecular Hbond substituents is 2. The number of aryl methyl sites for hydroxylation is 2. The third-order valence-corrected chi connectivity index (χ3v) is 11.7. The van der Waals surface area contributed by atoms with Gasteiger partial charge in [0.1, 0.15) is 17.5 Å². The van der Waals surface area contributed by atoms with Gasteiger partial charge in [-0.2, -0.15) is 19.2 Å². The summed E-state index contributed by atoms with van der Waals surface area (Å²) in [6.07, 6.45) is 5.32. The molecule has 10 N–H and O–H groups in total. The van der Waals surface area contributed by atoms with Gasteiger partial charge in [0, 0.05) is 81.3 Å². The van der Waals surface area contributed by atoms with Crippen molar-refractivity contribution in [1.82, 2.24) is 46.5 Å². The zero-order valence-corrected chi connectivity index (χ0v) is 42.2. The second kappa shape index (κ2) is 36.5. The van der Waals surface area contributed by atoms with E-state index in [0.717, 1.165) is 22.5 Å². The van der Waals surface area contributed by atoms with Crippen LogP contribution < -0.4 is 37.0 Å². The van der Waals surface area contributed by atoms with Crippen molar-refractivity contribution in [2.75, 3.05) is 62.6 Å². The number of nitrogens with two attached hydrogens (primary N) is 1. The minimum atomic E-state index is -2.55. The first-order chi connectivity index (χ1) is 35.6.